The number of carbonyl (C=O) groups is 1. The number of hydrogen-bond acceptors (Lipinski definition) is 3. The van der Waals surface area contributed by atoms with Crippen molar-refractivity contribution in [2.75, 3.05) is 20.8 Å². The summed E-state index contributed by atoms with van der Waals surface area (Å²) in [6.45, 7) is 2.68. The number of benzene rings is 2. The van der Waals surface area contributed by atoms with Crippen LogP contribution in [0.5, 0.6) is 11.5 Å². The van der Waals surface area contributed by atoms with E-state index in [4.69, 9.17) is 9.47 Å². The molecule has 1 N–H and O–H groups in total. The van der Waals surface area contributed by atoms with Crippen LogP contribution < -0.4 is 14.8 Å². The van der Waals surface area contributed by atoms with Gasteiger partial charge in [0.25, 0.3) is 0 Å². The van der Waals surface area contributed by atoms with Crippen LogP contribution in [0, 0.1) is 0 Å². The molecule has 0 aromatic heterocycles. The highest BCUT2D eigenvalue weighted by Gasteiger charge is 2.06. The van der Waals surface area contributed by atoms with Gasteiger partial charge in [-0.05, 0) is 29.7 Å². The van der Waals surface area contributed by atoms with E-state index < -0.39 is 0 Å². The first-order valence-corrected chi connectivity index (χ1v) is 7.87. The second kappa shape index (κ2) is 8.77. The van der Waals surface area contributed by atoms with Gasteiger partial charge in [0.2, 0.25) is 5.91 Å². The van der Waals surface area contributed by atoms with Crippen molar-refractivity contribution < 1.29 is 14.3 Å². The van der Waals surface area contributed by atoms with Crippen LogP contribution in [0.4, 0.5) is 0 Å². The monoisotopic (exact) mass is 325 g/mol. The maximum Gasteiger partial charge on any atom is 0.244 e. The number of amides is 1. The van der Waals surface area contributed by atoms with Gasteiger partial charge in [0.05, 0.1) is 14.2 Å². The highest BCUT2D eigenvalue weighted by atomic mass is 16.5. The normalized spacial score (nSPS) is 12.0. The van der Waals surface area contributed by atoms with E-state index in [-0.39, 0.29) is 11.8 Å². The quantitative estimate of drug-likeness (QED) is 0.791. The number of rotatable bonds is 7. The van der Waals surface area contributed by atoms with Crippen molar-refractivity contribution in [2.24, 2.45) is 0 Å². The van der Waals surface area contributed by atoms with Gasteiger partial charge in [0.15, 0.2) is 0 Å². The minimum atomic E-state index is -0.129. The lowest BCUT2D eigenvalue weighted by molar-refractivity contribution is -0.116. The zero-order valence-corrected chi connectivity index (χ0v) is 14.3. The molecule has 4 nitrogen and oxygen atoms in total. The van der Waals surface area contributed by atoms with Gasteiger partial charge in [-0.15, -0.1) is 0 Å². The fourth-order valence-corrected chi connectivity index (χ4v) is 2.33. The summed E-state index contributed by atoms with van der Waals surface area (Å²) in [5.41, 5.74) is 2.03. The number of ether oxygens (including phenoxy) is 2. The van der Waals surface area contributed by atoms with Gasteiger partial charge in [-0.3, -0.25) is 4.79 Å². The smallest absolute Gasteiger partial charge is 0.244 e. The summed E-state index contributed by atoms with van der Waals surface area (Å²) in [7, 11) is 3.19. The van der Waals surface area contributed by atoms with Crippen molar-refractivity contribution in [1.82, 2.24) is 5.32 Å². The maximum absolute atomic E-state index is 12.0. The molecule has 1 amide bonds. The number of nitrogens with one attached hydrogen (secondary N) is 1. The third-order valence-corrected chi connectivity index (χ3v) is 3.81. The van der Waals surface area contributed by atoms with Gasteiger partial charge in [-0.2, -0.15) is 0 Å². The third kappa shape index (κ3) is 4.88. The highest BCUT2D eigenvalue weighted by molar-refractivity contribution is 5.92. The highest BCUT2D eigenvalue weighted by Crippen LogP contribution is 2.25. The Morgan fingerprint density at radius 2 is 1.88 bits per heavy atom. The molecule has 0 aliphatic rings. The topological polar surface area (TPSA) is 47.6 Å². The minimum Gasteiger partial charge on any atom is -0.497 e. The molecule has 24 heavy (non-hydrogen) atoms. The van der Waals surface area contributed by atoms with Gasteiger partial charge in [-0.1, -0.05) is 37.3 Å². The second-order valence-corrected chi connectivity index (χ2v) is 5.50. The Kier molecular flexibility index (Phi) is 6.43. The zero-order valence-electron chi connectivity index (χ0n) is 14.3. The number of hydrogen-bond donors (Lipinski definition) is 1. The Labute approximate surface area is 143 Å². The summed E-state index contributed by atoms with van der Waals surface area (Å²) < 4.78 is 10.5. The Bertz CT molecular complexity index is 695. The lowest BCUT2D eigenvalue weighted by atomic mass is 10.0. The number of carbonyl (C=O) groups excluding carboxylic acids is 1. The summed E-state index contributed by atoms with van der Waals surface area (Å²) in [6, 6.07) is 15.6. The van der Waals surface area contributed by atoms with Crippen LogP contribution in [0.2, 0.25) is 0 Å². The SMILES string of the molecule is COc1ccc(/C=C/C(=O)NC[C@H](C)c2ccccc2)c(OC)c1. The maximum atomic E-state index is 12.0. The molecule has 0 spiro atoms. The molecule has 0 unspecified atom stereocenters. The predicted octanol–water partition coefficient (Wildman–Crippen LogP) is 3.64. The first kappa shape index (κ1) is 17.6. The average molecular weight is 325 g/mol. The summed E-state index contributed by atoms with van der Waals surface area (Å²) in [5.74, 6) is 1.51. The van der Waals surface area contributed by atoms with E-state index in [1.54, 1.807) is 26.4 Å². The summed E-state index contributed by atoms with van der Waals surface area (Å²) in [4.78, 5) is 12.0. The minimum absolute atomic E-state index is 0.129. The van der Waals surface area contributed by atoms with Gasteiger partial charge in [-0.25, -0.2) is 0 Å². The molecule has 0 saturated heterocycles. The van der Waals surface area contributed by atoms with E-state index in [2.05, 4.69) is 24.4 Å². The molecule has 0 saturated carbocycles. The van der Waals surface area contributed by atoms with Gasteiger partial charge in [0, 0.05) is 24.3 Å². The van der Waals surface area contributed by atoms with Crippen molar-refractivity contribution >= 4 is 12.0 Å². The fourth-order valence-electron chi connectivity index (χ4n) is 2.33. The standard InChI is InChI=1S/C20H23NO3/c1-15(16-7-5-4-6-8-16)14-21-20(22)12-10-17-9-11-18(23-2)13-19(17)24-3/h4-13,15H,14H2,1-3H3,(H,21,22)/b12-10+/t15-/m0/s1. The predicted molar refractivity (Wildman–Crippen MR) is 96.4 cm³/mol. The van der Waals surface area contributed by atoms with E-state index in [1.165, 1.54) is 11.6 Å². The Morgan fingerprint density at radius 3 is 2.54 bits per heavy atom. The van der Waals surface area contributed by atoms with Crippen molar-refractivity contribution in [3.05, 3.63) is 65.7 Å². The van der Waals surface area contributed by atoms with E-state index in [9.17, 15) is 4.79 Å². The van der Waals surface area contributed by atoms with Gasteiger partial charge >= 0.3 is 0 Å². The lowest BCUT2D eigenvalue weighted by Crippen LogP contribution is -2.25. The molecule has 0 radical (unpaired) electrons. The van der Waals surface area contributed by atoms with E-state index in [0.29, 0.717) is 18.0 Å². The van der Waals surface area contributed by atoms with Crippen LogP contribution in [0.1, 0.15) is 24.0 Å². The van der Waals surface area contributed by atoms with Crippen LogP contribution in [-0.4, -0.2) is 26.7 Å². The lowest BCUT2D eigenvalue weighted by Gasteiger charge is -2.12. The fraction of sp³-hybridized carbons (Fsp3) is 0.250. The summed E-state index contributed by atoms with van der Waals surface area (Å²) in [6.07, 6.45) is 3.25. The van der Waals surface area contributed by atoms with Crippen molar-refractivity contribution in [3.8, 4) is 11.5 Å². The molecular formula is C20H23NO3. The zero-order chi connectivity index (χ0) is 17.4. The summed E-state index contributed by atoms with van der Waals surface area (Å²) in [5, 5.41) is 2.92. The van der Waals surface area contributed by atoms with E-state index in [0.717, 1.165) is 5.56 Å². The van der Waals surface area contributed by atoms with Crippen LogP contribution in [0.3, 0.4) is 0 Å². The van der Waals surface area contributed by atoms with Gasteiger partial charge < -0.3 is 14.8 Å². The van der Waals surface area contributed by atoms with Crippen molar-refractivity contribution in [1.29, 1.82) is 0 Å². The first-order valence-electron chi connectivity index (χ1n) is 7.87. The molecule has 0 fully saturated rings. The molecule has 0 aliphatic carbocycles. The largest absolute Gasteiger partial charge is 0.497 e. The molecule has 2 aromatic carbocycles. The van der Waals surface area contributed by atoms with Crippen molar-refractivity contribution in [3.63, 3.8) is 0 Å². The molecule has 4 heteroatoms. The van der Waals surface area contributed by atoms with Crippen LogP contribution in [0.25, 0.3) is 6.08 Å². The molecule has 0 heterocycles. The Morgan fingerprint density at radius 1 is 1.12 bits per heavy atom. The van der Waals surface area contributed by atoms with Crippen LogP contribution >= 0.6 is 0 Å². The summed E-state index contributed by atoms with van der Waals surface area (Å²) >= 11 is 0. The molecule has 126 valence electrons. The molecular weight excluding hydrogens is 302 g/mol. The third-order valence-electron chi connectivity index (χ3n) is 3.81. The number of methoxy groups -OCH3 is 2. The second-order valence-electron chi connectivity index (χ2n) is 5.50. The Balaban J connectivity index is 1.93. The molecule has 0 bridgehead atoms. The Hall–Kier alpha value is -2.75. The van der Waals surface area contributed by atoms with Gasteiger partial charge in [0.1, 0.15) is 11.5 Å². The molecule has 1 atom stereocenters. The first-order chi connectivity index (χ1) is 11.6. The van der Waals surface area contributed by atoms with Crippen molar-refractivity contribution in [2.45, 2.75) is 12.8 Å². The van der Waals surface area contributed by atoms with Crippen LogP contribution in [0.15, 0.2) is 54.6 Å². The van der Waals surface area contributed by atoms with Crippen LogP contribution in [-0.2, 0) is 4.79 Å². The molecule has 2 aromatic rings. The van der Waals surface area contributed by atoms with E-state index in [1.807, 2.05) is 30.3 Å². The molecule has 0 aliphatic heterocycles. The van der Waals surface area contributed by atoms with E-state index >= 15 is 0 Å². The molecule has 2 rings (SSSR count). The average Bonchev–Trinajstić information content (AvgIpc) is 2.64.